The molecular weight excluding hydrogens is 285 g/mol. The van der Waals surface area contributed by atoms with Gasteiger partial charge in [-0.25, -0.2) is 9.55 Å². The highest BCUT2D eigenvalue weighted by atomic mass is 16.3. The van der Waals surface area contributed by atoms with Crippen molar-refractivity contribution in [2.45, 2.75) is 13.8 Å². The predicted molar refractivity (Wildman–Crippen MR) is 92.4 cm³/mol. The van der Waals surface area contributed by atoms with E-state index >= 15 is 0 Å². The monoisotopic (exact) mass is 304 g/mol. The zero-order valence-electron chi connectivity index (χ0n) is 13.9. The minimum atomic E-state index is 0.146. The second kappa shape index (κ2) is 4.98. The third-order valence-electron chi connectivity index (χ3n) is 4.70. The van der Waals surface area contributed by atoms with Crippen LogP contribution in [0.4, 0.5) is 0 Å². The number of aromatic nitrogens is 2. The second-order valence-corrected chi connectivity index (χ2v) is 6.32. The van der Waals surface area contributed by atoms with Crippen LogP contribution in [-0.4, -0.2) is 23.7 Å². The van der Waals surface area contributed by atoms with Crippen molar-refractivity contribution in [3.8, 4) is 0 Å². The van der Waals surface area contributed by atoms with Gasteiger partial charge in [0.25, 0.3) is 0 Å². The molecule has 114 valence electrons. The molecule has 0 N–H and O–H groups in total. The third-order valence-corrected chi connectivity index (χ3v) is 4.70. The van der Waals surface area contributed by atoms with Gasteiger partial charge in [-0.05, 0) is 50.8 Å². The Morgan fingerprint density at radius 1 is 1.26 bits per heavy atom. The van der Waals surface area contributed by atoms with Crippen LogP contribution in [0.25, 0.3) is 23.3 Å². The number of furan rings is 1. The summed E-state index contributed by atoms with van der Waals surface area (Å²) in [4.78, 5) is 6.55. The Labute approximate surface area is 135 Å². The van der Waals surface area contributed by atoms with Crippen molar-refractivity contribution in [1.29, 1.82) is 0 Å². The van der Waals surface area contributed by atoms with Crippen molar-refractivity contribution in [2.75, 3.05) is 7.05 Å². The molecule has 0 atom stereocenters. The van der Waals surface area contributed by atoms with E-state index in [2.05, 4.69) is 72.8 Å². The fourth-order valence-electron chi connectivity index (χ4n) is 3.26. The molecule has 0 amide bonds. The molecule has 23 heavy (non-hydrogen) atoms. The Morgan fingerprint density at radius 2 is 2.09 bits per heavy atom. The SMILES string of the molecule is Cc1cc(B2C=c3oc4ncccc4c3=CN2C)[n+](C)cc1C. The lowest BCUT2D eigenvalue weighted by molar-refractivity contribution is -0.654. The van der Waals surface area contributed by atoms with Crippen LogP contribution >= 0.6 is 0 Å². The van der Waals surface area contributed by atoms with Gasteiger partial charge in [-0.3, -0.25) is 0 Å². The Balaban J connectivity index is 1.94. The zero-order valence-corrected chi connectivity index (χ0v) is 13.9. The van der Waals surface area contributed by atoms with Gasteiger partial charge >= 0.3 is 6.85 Å². The van der Waals surface area contributed by atoms with Crippen molar-refractivity contribution in [3.63, 3.8) is 0 Å². The van der Waals surface area contributed by atoms with E-state index < -0.39 is 0 Å². The van der Waals surface area contributed by atoms with Crippen molar-refractivity contribution in [2.24, 2.45) is 7.05 Å². The van der Waals surface area contributed by atoms with Crippen LogP contribution < -0.4 is 20.8 Å². The normalized spacial score (nSPS) is 13.7. The average molecular weight is 304 g/mol. The minimum Gasteiger partial charge on any atom is -0.439 e. The molecular formula is C18H19BN3O+. The molecule has 0 aliphatic carbocycles. The minimum absolute atomic E-state index is 0.146. The summed E-state index contributed by atoms with van der Waals surface area (Å²) in [7, 11) is 4.20. The largest absolute Gasteiger partial charge is 0.439 e. The second-order valence-electron chi connectivity index (χ2n) is 6.32. The number of rotatable bonds is 1. The molecule has 5 heteroatoms. The van der Waals surface area contributed by atoms with E-state index in [-0.39, 0.29) is 6.85 Å². The molecule has 0 aromatic carbocycles. The van der Waals surface area contributed by atoms with E-state index in [1.807, 2.05) is 6.07 Å². The van der Waals surface area contributed by atoms with Crippen molar-refractivity contribution < 1.29 is 8.98 Å². The van der Waals surface area contributed by atoms with E-state index in [1.54, 1.807) is 6.20 Å². The van der Waals surface area contributed by atoms with Crippen LogP contribution in [0.1, 0.15) is 11.1 Å². The van der Waals surface area contributed by atoms with E-state index in [1.165, 1.54) is 16.7 Å². The first-order chi connectivity index (χ1) is 11.0. The molecule has 0 fully saturated rings. The van der Waals surface area contributed by atoms with Crippen molar-refractivity contribution in [1.82, 2.24) is 9.79 Å². The van der Waals surface area contributed by atoms with Gasteiger partial charge in [0.15, 0.2) is 11.8 Å². The lowest BCUT2D eigenvalue weighted by Gasteiger charge is -2.21. The van der Waals surface area contributed by atoms with E-state index in [9.17, 15) is 0 Å². The number of fused-ring (bicyclic) bond motifs is 3. The molecule has 0 bridgehead atoms. The fraction of sp³-hybridized carbons (Fsp3) is 0.222. The lowest BCUT2D eigenvalue weighted by Crippen LogP contribution is -2.61. The summed E-state index contributed by atoms with van der Waals surface area (Å²) in [6, 6.07) is 6.26. The number of nitrogens with zero attached hydrogens (tertiary/aromatic N) is 3. The summed E-state index contributed by atoms with van der Waals surface area (Å²) >= 11 is 0. The molecule has 1 aliphatic heterocycles. The summed E-state index contributed by atoms with van der Waals surface area (Å²) in [5.41, 5.74) is 5.44. The fourth-order valence-corrected chi connectivity index (χ4v) is 3.26. The van der Waals surface area contributed by atoms with Gasteiger partial charge in [-0.2, -0.15) is 0 Å². The molecule has 4 rings (SSSR count). The molecule has 3 aromatic heterocycles. The highest BCUT2D eigenvalue weighted by Gasteiger charge is 2.31. The average Bonchev–Trinajstić information content (AvgIpc) is 2.88. The maximum atomic E-state index is 5.95. The van der Waals surface area contributed by atoms with Gasteiger partial charge in [0.2, 0.25) is 5.71 Å². The molecule has 0 saturated carbocycles. The summed E-state index contributed by atoms with van der Waals surface area (Å²) < 4.78 is 8.14. The molecule has 0 radical (unpaired) electrons. The summed E-state index contributed by atoms with van der Waals surface area (Å²) in [5, 5.41) is 2.17. The molecule has 3 aromatic rings. The maximum absolute atomic E-state index is 5.95. The molecule has 1 aliphatic rings. The van der Waals surface area contributed by atoms with E-state index in [4.69, 9.17) is 4.42 Å². The number of hydrogen-bond acceptors (Lipinski definition) is 3. The molecule has 0 spiro atoms. The standard InChI is InChI=1S/C18H19BN3O/c1-12-8-17(21(3)10-13(12)2)19-9-16-15(11-22(19)4)14-6-5-7-20-18(14)23-16/h5-11H,1-4H3/q+1. The van der Waals surface area contributed by atoms with Gasteiger partial charge in [0.1, 0.15) is 12.5 Å². The number of hydrogen-bond donors (Lipinski definition) is 0. The van der Waals surface area contributed by atoms with Gasteiger partial charge in [0.05, 0.1) is 0 Å². The third kappa shape index (κ3) is 2.15. The Morgan fingerprint density at radius 3 is 2.91 bits per heavy atom. The number of aryl methyl sites for hydroxylation is 3. The quantitative estimate of drug-likeness (QED) is 0.475. The smallest absolute Gasteiger partial charge is 0.399 e. The van der Waals surface area contributed by atoms with Crippen LogP contribution in [0.15, 0.2) is 35.0 Å². The van der Waals surface area contributed by atoms with Crippen LogP contribution in [0.5, 0.6) is 0 Å². The zero-order chi connectivity index (χ0) is 16.1. The first-order valence-electron chi connectivity index (χ1n) is 7.80. The first kappa shape index (κ1) is 14.1. The summed E-state index contributed by atoms with van der Waals surface area (Å²) in [6.07, 6.45) is 6.10. The molecule has 4 heterocycles. The van der Waals surface area contributed by atoms with Crippen molar-refractivity contribution >= 4 is 35.7 Å². The van der Waals surface area contributed by atoms with Gasteiger partial charge < -0.3 is 9.23 Å². The summed E-state index contributed by atoms with van der Waals surface area (Å²) in [5.74, 6) is 2.18. The van der Waals surface area contributed by atoms with Crippen molar-refractivity contribution in [3.05, 3.63) is 52.4 Å². The van der Waals surface area contributed by atoms with Gasteiger partial charge in [-0.1, -0.05) is 0 Å². The Bertz CT molecular complexity index is 1040. The van der Waals surface area contributed by atoms with Crippen LogP contribution in [-0.2, 0) is 7.05 Å². The van der Waals surface area contributed by atoms with E-state index in [0.29, 0.717) is 5.71 Å². The molecule has 0 saturated heterocycles. The predicted octanol–water partition coefficient (Wildman–Crippen LogP) is 0.171. The highest BCUT2D eigenvalue weighted by Crippen LogP contribution is 2.08. The number of pyridine rings is 2. The summed E-state index contributed by atoms with van der Waals surface area (Å²) in [6.45, 7) is 4.44. The Kier molecular flexibility index (Phi) is 3.05. The lowest BCUT2D eigenvalue weighted by atomic mass is 9.56. The molecule has 4 nitrogen and oxygen atoms in total. The van der Waals surface area contributed by atoms with Gasteiger partial charge in [-0.15, -0.1) is 0 Å². The van der Waals surface area contributed by atoms with Crippen LogP contribution in [0, 0.1) is 13.8 Å². The molecule has 0 unspecified atom stereocenters. The topological polar surface area (TPSA) is 33.2 Å². The van der Waals surface area contributed by atoms with Crippen LogP contribution in [0.2, 0.25) is 0 Å². The highest BCUT2D eigenvalue weighted by molar-refractivity contribution is 6.82. The maximum Gasteiger partial charge on any atom is 0.399 e. The van der Waals surface area contributed by atoms with E-state index in [0.717, 1.165) is 16.0 Å². The van der Waals surface area contributed by atoms with Crippen LogP contribution in [0.3, 0.4) is 0 Å². The Hall–Kier alpha value is -2.56. The van der Waals surface area contributed by atoms with Gasteiger partial charge in [0, 0.05) is 28.4 Å². The first-order valence-corrected chi connectivity index (χ1v) is 7.80.